The van der Waals surface area contributed by atoms with Gasteiger partial charge in [-0.25, -0.2) is 9.78 Å². The van der Waals surface area contributed by atoms with E-state index in [1.54, 1.807) is 10.3 Å². The number of aromatic nitrogens is 1. The zero-order valence-electron chi connectivity index (χ0n) is 14.9. The minimum Gasteiger partial charge on any atom is -0.337 e. The summed E-state index contributed by atoms with van der Waals surface area (Å²) in [4.78, 5) is 30.7. The number of benzene rings is 1. The first kappa shape index (κ1) is 21.1. The molecule has 27 heavy (non-hydrogen) atoms. The van der Waals surface area contributed by atoms with Crippen molar-refractivity contribution in [1.29, 1.82) is 0 Å². The number of carbonyl (C=O) groups excluding carboxylic acids is 2. The Balaban J connectivity index is 0.00000261. The standard InChI is InChI=1S/C18H23N5O2S.ClH/c19-9-6-16-22-15(12-26-16)17(24)23-10-7-14(8-11-23)21-18(25)20-13-4-2-1-3-5-13;/h1-5,12,14H,6-11,19H2,(H2,20,21,25);1H. The van der Waals surface area contributed by atoms with Crippen LogP contribution in [0.15, 0.2) is 35.7 Å². The molecule has 2 heterocycles. The van der Waals surface area contributed by atoms with Crippen LogP contribution in [0.3, 0.4) is 0 Å². The van der Waals surface area contributed by atoms with Gasteiger partial charge in [0.1, 0.15) is 5.69 Å². The fourth-order valence-electron chi connectivity index (χ4n) is 2.91. The van der Waals surface area contributed by atoms with Gasteiger partial charge in [-0.1, -0.05) is 18.2 Å². The molecule has 2 aromatic rings. The zero-order valence-corrected chi connectivity index (χ0v) is 16.5. The number of rotatable bonds is 5. The lowest BCUT2D eigenvalue weighted by Gasteiger charge is -2.32. The monoisotopic (exact) mass is 409 g/mol. The summed E-state index contributed by atoms with van der Waals surface area (Å²) in [7, 11) is 0. The topological polar surface area (TPSA) is 100 Å². The Bertz CT molecular complexity index is 747. The van der Waals surface area contributed by atoms with E-state index in [9.17, 15) is 9.59 Å². The molecule has 0 atom stereocenters. The van der Waals surface area contributed by atoms with Crippen LogP contribution in [-0.4, -0.2) is 47.5 Å². The van der Waals surface area contributed by atoms with E-state index in [4.69, 9.17) is 5.73 Å². The second kappa shape index (κ2) is 10.2. The molecule has 1 aromatic heterocycles. The average Bonchev–Trinajstić information content (AvgIpc) is 3.11. The van der Waals surface area contributed by atoms with Crippen LogP contribution in [0.1, 0.15) is 28.3 Å². The van der Waals surface area contributed by atoms with Crippen molar-refractivity contribution in [1.82, 2.24) is 15.2 Å². The van der Waals surface area contributed by atoms with Gasteiger partial charge in [-0.15, -0.1) is 23.7 Å². The van der Waals surface area contributed by atoms with E-state index in [1.165, 1.54) is 11.3 Å². The van der Waals surface area contributed by atoms with Crippen LogP contribution in [-0.2, 0) is 6.42 Å². The number of likely N-dealkylation sites (tertiary alicyclic amines) is 1. The molecule has 9 heteroatoms. The summed E-state index contributed by atoms with van der Waals surface area (Å²) < 4.78 is 0. The van der Waals surface area contributed by atoms with E-state index in [1.807, 2.05) is 30.3 Å². The minimum absolute atomic E-state index is 0. The van der Waals surface area contributed by atoms with Gasteiger partial charge >= 0.3 is 6.03 Å². The van der Waals surface area contributed by atoms with Crippen LogP contribution in [0.25, 0.3) is 0 Å². The molecule has 0 aliphatic carbocycles. The van der Waals surface area contributed by atoms with Crippen LogP contribution in [0.2, 0.25) is 0 Å². The lowest BCUT2D eigenvalue weighted by molar-refractivity contribution is 0.0703. The second-order valence-corrected chi connectivity index (χ2v) is 7.14. The Labute approximate surface area is 168 Å². The fourth-order valence-corrected chi connectivity index (χ4v) is 3.70. The summed E-state index contributed by atoms with van der Waals surface area (Å²) in [5.41, 5.74) is 6.78. The molecule has 1 saturated heterocycles. The van der Waals surface area contributed by atoms with Crippen molar-refractivity contribution in [3.63, 3.8) is 0 Å². The van der Waals surface area contributed by atoms with Crippen molar-refractivity contribution in [3.8, 4) is 0 Å². The van der Waals surface area contributed by atoms with Crippen LogP contribution in [0.4, 0.5) is 10.5 Å². The molecule has 4 N–H and O–H groups in total. The zero-order chi connectivity index (χ0) is 18.4. The fraction of sp³-hybridized carbons (Fsp3) is 0.389. The number of hydrogen-bond donors (Lipinski definition) is 3. The van der Waals surface area contributed by atoms with Crippen molar-refractivity contribution in [2.24, 2.45) is 5.73 Å². The van der Waals surface area contributed by atoms with Gasteiger partial charge in [0.2, 0.25) is 0 Å². The Morgan fingerprint density at radius 1 is 1.22 bits per heavy atom. The van der Waals surface area contributed by atoms with Gasteiger partial charge in [-0.05, 0) is 31.5 Å². The number of halogens is 1. The lowest BCUT2D eigenvalue weighted by atomic mass is 10.0. The third-order valence-electron chi connectivity index (χ3n) is 4.28. The highest BCUT2D eigenvalue weighted by molar-refractivity contribution is 7.09. The van der Waals surface area contributed by atoms with Gasteiger partial charge in [0, 0.05) is 36.6 Å². The van der Waals surface area contributed by atoms with E-state index in [0.29, 0.717) is 31.7 Å². The highest BCUT2D eigenvalue weighted by Gasteiger charge is 2.25. The first-order valence-electron chi connectivity index (χ1n) is 8.72. The van der Waals surface area contributed by atoms with E-state index in [0.717, 1.165) is 23.5 Å². The summed E-state index contributed by atoms with van der Waals surface area (Å²) in [5.74, 6) is -0.0447. The number of anilines is 1. The molecule has 0 bridgehead atoms. The predicted octanol–water partition coefficient (Wildman–Crippen LogP) is 2.49. The van der Waals surface area contributed by atoms with Crippen LogP contribution < -0.4 is 16.4 Å². The Morgan fingerprint density at radius 2 is 1.93 bits per heavy atom. The highest BCUT2D eigenvalue weighted by atomic mass is 35.5. The molecule has 1 fully saturated rings. The maximum Gasteiger partial charge on any atom is 0.319 e. The van der Waals surface area contributed by atoms with Gasteiger partial charge < -0.3 is 21.3 Å². The number of nitrogens with two attached hydrogens (primary N) is 1. The molecule has 1 aliphatic rings. The van der Waals surface area contributed by atoms with Crippen molar-refractivity contribution < 1.29 is 9.59 Å². The molecule has 1 aliphatic heterocycles. The first-order chi connectivity index (χ1) is 12.7. The maximum absolute atomic E-state index is 12.5. The number of piperidine rings is 1. The van der Waals surface area contributed by atoms with Gasteiger partial charge in [0.05, 0.1) is 5.01 Å². The van der Waals surface area contributed by atoms with E-state index < -0.39 is 0 Å². The Kier molecular flexibility index (Phi) is 8.02. The van der Waals surface area contributed by atoms with Crippen molar-refractivity contribution in [3.05, 3.63) is 46.4 Å². The molecule has 3 rings (SSSR count). The van der Waals surface area contributed by atoms with Crippen LogP contribution in [0.5, 0.6) is 0 Å². The van der Waals surface area contributed by atoms with Crippen LogP contribution >= 0.6 is 23.7 Å². The number of para-hydroxylation sites is 1. The summed E-state index contributed by atoms with van der Waals surface area (Å²) in [6, 6.07) is 9.17. The van der Waals surface area contributed by atoms with E-state index >= 15 is 0 Å². The quantitative estimate of drug-likeness (QED) is 0.706. The average molecular weight is 410 g/mol. The molecule has 1 aromatic carbocycles. The second-order valence-electron chi connectivity index (χ2n) is 6.20. The summed E-state index contributed by atoms with van der Waals surface area (Å²) in [6.45, 7) is 1.75. The number of nitrogens with one attached hydrogen (secondary N) is 2. The highest BCUT2D eigenvalue weighted by Crippen LogP contribution is 2.17. The van der Waals surface area contributed by atoms with Crippen molar-refractivity contribution >= 4 is 41.4 Å². The summed E-state index contributed by atoms with van der Waals surface area (Å²) in [5, 5.41) is 8.48. The number of hydrogen-bond acceptors (Lipinski definition) is 5. The Hall–Kier alpha value is -2.16. The molecule has 0 saturated carbocycles. The molecule has 0 radical (unpaired) electrons. The molecular formula is C18H24ClN5O2S. The third kappa shape index (κ3) is 5.92. The summed E-state index contributed by atoms with van der Waals surface area (Å²) >= 11 is 1.47. The van der Waals surface area contributed by atoms with Crippen molar-refractivity contribution in [2.45, 2.75) is 25.3 Å². The van der Waals surface area contributed by atoms with Gasteiger partial charge in [-0.3, -0.25) is 4.79 Å². The molecule has 0 unspecified atom stereocenters. The van der Waals surface area contributed by atoms with Crippen molar-refractivity contribution in [2.75, 3.05) is 25.0 Å². The number of carbonyl (C=O) groups is 2. The smallest absolute Gasteiger partial charge is 0.319 e. The summed E-state index contributed by atoms with van der Waals surface area (Å²) in [6.07, 6.45) is 2.15. The third-order valence-corrected chi connectivity index (χ3v) is 5.19. The van der Waals surface area contributed by atoms with E-state index in [-0.39, 0.29) is 30.4 Å². The molecular weight excluding hydrogens is 386 g/mol. The Morgan fingerprint density at radius 3 is 2.59 bits per heavy atom. The van der Waals surface area contributed by atoms with Gasteiger partial charge in [0.15, 0.2) is 0 Å². The number of urea groups is 1. The number of thiazole rings is 1. The SMILES string of the molecule is Cl.NCCc1nc(C(=O)N2CCC(NC(=O)Nc3ccccc3)CC2)cs1. The first-order valence-corrected chi connectivity index (χ1v) is 9.60. The largest absolute Gasteiger partial charge is 0.337 e. The maximum atomic E-state index is 12.5. The number of amides is 3. The normalized spacial score (nSPS) is 14.3. The molecule has 3 amide bonds. The molecule has 146 valence electrons. The lowest BCUT2D eigenvalue weighted by Crippen LogP contribution is -2.47. The van der Waals surface area contributed by atoms with Gasteiger partial charge in [0.25, 0.3) is 5.91 Å². The molecule has 7 nitrogen and oxygen atoms in total. The minimum atomic E-state index is -0.216. The van der Waals surface area contributed by atoms with Crippen LogP contribution in [0, 0.1) is 0 Å². The van der Waals surface area contributed by atoms with E-state index in [2.05, 4.69) is 15.6 Å². The molecule has 0 spiro atoms. The predicted molar refractivity (Wildman–Crippen MR) is 110 cm³/mol. The number of nitrogens with zero attached hydrogens (tertiary/aromatic N) is 2. The van der Waals surface area contributed by atoms with Gasteiger partial charge in [-0.2, -0.15) is 0 Å².